The van der Waals surface area contributed by atoms with Crippen LogP contribution >= 0.6 is 39.1 Å². The Hall–Kier alpha value is -1.82. The molecular formula is C18H16BrCl2N3O. The van der Waals surface area contributed by atoms with E-state index in [0.717, 1.165) is 16.9 Å². The standard InChI is InChI=1S/C14H15NO.C4HBrCl2N2/c1-10-8-14(16-2)13(15)9-12(10)11-6-4-3-5-7-11;5-2-1-8-4(7)9-3(2)6/h3-9H,15H2,1-2H3;1H. The molecule has 2 N–H and O–H groups in total. The number of ether oxygens (including phenoxy) is 1. The normalized spacial score (nSPS) is 9.96. The first-order valence-electron chi connectivity index (χ1n) is 7.25. The second kappa shape index (κ2) is 9.04. The average molecular weight is 441 g/mol. The number of halogens is 3. The summed E-state index contributed by atoms with van der Waals surface area (Å²) in [6, 6.07) is 14.1. The van der Waals surface area contributed by atoms with Crippen molar-refractivity contribution >= 4 is 44.8 Å². The average Bonchev–Trinajstić information content (AvgIpc) is 2.61. The Kier molecular flexibility index (Phi) is 7.05. The Bertz CT molecular complexity index is 860. The maximum atomic E-state index is 5.91. The molecule has 0 unspecified atom stereocenters. The zero-order valence-corrected chi connectivity index (χ0v) is 16.7. The first-order chi connectivity index (χ1) is 11.9. The molecular weight excluding hydrogens is 425 g/mol. The predicted octanol–water partition coefficient (Wildman–Crippen LogP) is 5.80. The van der Waals surface area contributed by atoms with Gasteiger partial charge >= 0.3 is 0 Å². The van der Waals surface area contributed by atoms with Crippen molar-refractivity contribution in [2.75, 3.05) is 12.8 Å². The molecule has 3 rings (SSSR count). The molecule has 0 saturated heterocycles. The van der Waals surface area contributed by atoms with Crippen molar-refractivity contribution in [3.8, 4) is 16.9 Å². The highest BCUT2D eigenvalue weighted by molar-refractivity contribution is 9.10. The second-order valence-electron chi connectivity index (χ2n) is 5.05. The van der Waals surface area contributed by atoms with E-state index in [0.29, 0.717) is 15.3 Å². The van der Waals surface area contributed by atoms with Crippen molar-refractivity contribution in [3.05, 3.63) is 69.1 Å². The number of nitrogens with two attached hydrogens (primary N) is 1. The minimum atomic E-state index is 0.156. The van der Waals surface area contributed by atoms with Gasteiger partial charge in [0.1, 0.15) is 10.9 Å². The molecule has 2 aromatic carbocycles. The maximum Gasteiger partial charge on any atom is 0.223 e. The van der Waals surface area contributed by atoms with Crippen LogP contribution in [0.25, 0.3) is 11.1 Å². The number of anilines is 1. The number of hydrogen-bond donors (Lipinski definition) is 1. The molecule has 0 aliphatic carbocycles. The van der Waals surface area contributed by atoms with Gasteiger partial charge in [0.05, 0.1) is 17.3 Å². The number of benzene rings is 2. The molecule has 7 heteroatoms. The molecule has 1 heterocycles. The van der Waals surface area contributed by atoms with Crippen LogP contribution in [0.3, 0.4) is 0 Å². The van der Waals surface area contributed by atoms with Gasteiger partial charge in [-0.15, -0.1) is 0 Å². The largest absolute Gasteiger partial charge is 0.495 e. The van der Waals surface area contributed by atoms with E-state index < -0.39 is 0 Å². The van der Waals surface area contributed by atoms with E-state index in [2.05, 4.69) is 45.0 Å². The Labute approximate surface area is 165 Å². The third-order valence-corrected chi connectivity index (χ3v) is 4.61. The Balaban J connectivity index is 0.000000212. The van der Waals surface area contributed by atoms with E-state index >= 15 is 0 Å². The SMILES string of the molecule is COc1cc(C)c(-c2ccccc2)cc1N.Clc1ncc(Br)c(Cl)n1. The summed E-state index contributed by atoms with van der Waals surface area (Å²) in [4.78, 5) is 7.31. The number of nitrogen functional groups attached to an aromatic ring is 1. The van der Waals surface area contributed by atoms with Gasteiger partial charge in [-0.1, -0.05) is 41.9 Å². The number of hydrogen-bond acceptors (Lipinski definition) is 4. The number of rotatable bonds is 2. The van der Waals surface area contributed by atoms with Crippen molar-refractivity contribution in [1.82, 2.24) is 9.97 Å². The summed E-state index contributed by atoms with van der Waals surface area (Å²) in [6.07, 6.45) is 1.50. The van der Waals surface area contributed by atoms with Gasteiger partial charge in [-0.3, -0.25) is 0 Å². The highest BCUT2D eigenvalue weighted by Crippen LogP contribution is 2.31. The van der Waals surface area contributed by atoms with Gasteiger partial charge < -0.3 is 10.5 Å². The molecule has 4 nitrogen and oxygen atoms in total. The van der Waals surface area contributed by atoms with E-state index in [1.54, 1.807) is 7.11 Å². The highest BCUT2D eigenvalue weighted by Gasteiger charge is 2.06. The molecule has 0 fully saturated rings. The van der Waals surface area contributed by atoms with E-state index in [-0.39, 0.29) is 5.28 Å². The lowest BCUT2D eigenvalue weighted by Crippen LogP contribution is -1.94. The lowest BCUT2D eigenvalue weighted by Gasteiger charge is -2.11. The monoisotopic (exact) mass is 439 g/mol. The Morgan fingerprint density at radius 1 is 1.12 bits per heavy atom. The Morgan fingerprint density at radius 3 is 2.36 bits per heavy atom. The summed E-state index contributed by atoms with van der Waals surface area (Å²) >= 11 is 14.0. The molecule has 0 atom stereocenters. The van der Waals surface area contributed by atoms with Crippen molar-refractivity contribution in [1.29, 1.82) is 0 Å². The molecule has 130 valence electrons. The number of methoxy groups -OCH3 is 1. The third-order valence-electron chi connectivity index (χ3n) is 3.33. The fraction of sp³-hybridized carbons (Fsp3) is 0.111. The molecule has 0 bridgehead atoms. The van der Waals surface area contributed by atoms with Crippen LogP contribution in [0.4, 0.5) is 5.69 Å². The zero-order valence-electron chi connectivity index (χ0n) is 13.6. The van der Waals surface area contributed by atoms with Gasteiger partial charge in [-0.25, -0.2) is 9.97 Å². The van der Waals surface area contributed by atoms with Crippen LogP contribution in [0.15, 0.2) is 53.1 Å². The maximum absolute atomic E-state index is 5.91. The molecule has 0 aliphatic rings. The first kappa shape index (κ1) is 19.5. The van der Waals surface area contributed by atoms with Gasteiger partial charge in [0.2, 0.25) is 5.28 Å². The minimum absolute atomic E-state index is 0.156. The summed E-state index contributed by atoms with van der Waals surface area (Å²) in [6.45, 7) is 2.06. The highest BCUT2D eigenvalue weighted by atomic mass is 79.9. The molecule has 0 aliphatic heterocycles. The van der Waals surface area contributed by atoms with Gasteiger partial charge in [0.25, 0.3) is 0 Å². The van der Waals surface area contributed by atoms with Crippen molar-refractivity contribution in [3.63, 3.8) is 0 Å². The smallest absolute Gasteiger partial charge is 0.223 e. The van der Waals surface area contributed by atoms with Crippen molar-refractivity contribution in [2.45, 2.75) is 6.92 Å². The minimum Gasteiger partial charge on any atom is -0.495 e. The van der Waals surface area contributed by atoms with Gasteiger partial charge in [-0.05, 0) is 63.3 Å². The molecule has 25 heavy (non-hydrogen) atoms. The predicted molar refractivity (Wildman–Crippen MR) is 107 cm³/mol. The molecule has 0 spiro atoms. The van der Waals surface area contributed by atoms with Crippen LogP contribution in [-0.2, 0) is 0 Å². The summed E-state index contributed by atoms with van der Waals surface area (Å²) in [5.74, 6) is 0.734. The Morgan fingerprint density at radius 2 is 1.80 bits per heavy atom. The van der Waals surface area contributed by atoms with Gasteiger partial charge in [0, 0.05) is 6.20 Å². The molecule has 3 aromatic rings. The third kappa shape index (κ3) is 5.33. The zero-order chi connectivity index (χ0) is 18.4. The van der Waals surface area contributed by atoms with Gasteiger partial charge in [-0.2, -0.15) is 0 Å². The molecule has 0 saturated carbocycles. The van der Waals surface area contributed by atoms with E-state index in [1.807, 2.05) is 30.3 Å². The molecule has 1 aromatic heterocycles. The topological polar surface area (TPSA) is 61.0 Å². The summed E-state index contributed by atoms with van der Waals surface area (Å²) < 4.78 is 5.84. The van der Waals surface area contributed by atoms with Crippen LogP contribution in [0, 0.1) is 6.92 Å². The molecule has 0 amide bonds. The first-order valence-corrected chi connectivity index (χ1v) is 8.80. The summed E-state index contributed by atoms with van der Waals surface area (Å²) in [7, 11) is 1.63. The fourth-order valence-electron chi connectivity index (χ4n) is 2.13. The van der Waals surface area contributed by atoms with Crippen LogP contribution in [0.2, 0.25) is 10.4 Å². The van der Waals surface area contributed by atoms with Crippen molar-refractivity contribution in [2.24, 2.45) is 0 Å². The fourth-order valence-corrected chi connectivity index (χ4v) is 2.63. The number of aromatic nitrogens is 2. The summed E-state index contributed by atoms with van der Waals surface area (Å²) in [5, 5.41) is 0.484. The lowest BCUT2D eigenvalue weighted by atomic mass is 9.99. The van der Waals surface area contributed by atoms with E-state index in [9.17, 15) is 0 Å². The van der Waals surface area contributed by atoms with Crippen molar-refractivity contribution < 1.29 is 4.74 Å². The van der Waals surface area contributed by atoms with E-state index in [4.69, 9.17) is 33.7 Å². The summed E-state index contributed by atoms with van der Waals surface area (Å²) in [5.41, 5.74) is 10.1. The quantitative estimate of drug-likeness (QED) is 0.310. The van der Waals surface area contributed by atoms with Crippen LogP contribution < -0.4 is 10.5 Å². The van der Waals surface area contributed by atoms with E-state index in [1.165, 1.54) is 11.8 Å². The lowest BCUT2D eigenvalue weighted by molar-refractivity contribution is 0.416. The number of aryl methyl sites for hydroxylation is 1. The van der Waals surface area contributed by atoms with Crippen LogP contribution in [0.1, 0.15) is 5.56 Å². The van der Waals surface area contributed by atoms with Crippen LogP contribution in [-0.4, -0.2) is 17.1 Å². The second-order valence-corrected chi connectivity index (χ2v) is 6.60. The number of nitrogens with zero attached hydrogens (tertiary/aromatic N) is 2. The molecule has 0 radical (unpaired) electrons. The van der Waals surface area contributed by atoms with Gasteiger partial charge in [0.15, 0.2) is 0 Å². The van der Waals surface area contributed by atoms with Crippen LogP contribution in [0.5, 0.6) is 5.75 Å².